The molecule has 2 atom stereocenters. The van der Waals surface area contributed by atoms with Crippen LogP contribution >= 0.6 is 0 Å². The van der Waals surface area contributed by atoms with Gasteiger partial charge < -0.3 is 14.6 Å². The number of fused-ring (bicyclic) bond motifs is 1. The topological polar surface area (TPSA) is 38.7 Å². The van der Waals surface area contributed by atoms with E-state index in [1.165, 1.54) is 17.6 Å². The van der Waals surface area contributed by atoms with E-state index >= 15 is 0 Å². The number of benzene rings is 1. The van der Waals surface area contributed by atoms with Gasteiger partial charge in [-0.05, 0) is 73.8 Å². The van der Waals surface area contributed by atoms with E-state index < -0.39 is 8.07 Å². The Morgan fingerprint density at radius 3 is 2.50 bits per heavy atom. The Morgan fingerprint density at radius 1 is 1.18 bits per heavy atom. The van der Waals surface area contributed by atoms with Gasteiger partial charge in [-0.1, -0.05) is 42.9 Å². The number of hydrogen-bond acceptors (Lipinski definition) is 3. The number of hydrogen-bond donors (Lipinski definition) is 1. The summed E-state index contributed by atoms with van der Waals surface area (Å²) in [6.07, 6.45) is 5.47. The first-order valence-corrected chi connectivity index (χ1v) is 13.9. The van der Waals surface area contributed by atoms with Gasteiger partial charge in [0.15, 0.2) is 0 Å². The summed E-state index contributed by atoms with van der Waals surface area (Å²) in [4.78, 5) is 0. The molecule has 154 valence electrons. The third-order valence-corrected chi connectivity index (χ3v) is 9.21. The molecule has 3 rings (SSSR count). The summed E-state index contributed by atoms with van der Waals surface area (Å²) in [5.74, 6) is 1.16. The first-order chi connectivity index (χ1) is 13.1. The van der Waals surface area contributed by atoms with Crippen molar-refractivity contribution in [3.8, 4) is 11.5 Å². The van der Waals surface area contributed by atoms with Crippen LogP contribution in [0.2, 0.25) is 19.6 Å². The second kappa shape index (κ2) is 7.72. The highest BCUT2D eigenvalue weighted by Gasteiger charge is 2.46. The zero-order valence-corrected chi connectivity index (χ0v) is 19.6. The number of allylic oxidation sites excluding steroid dienone is 3. The largest absolute Gasteiger partial charge is 0.508 e. The molecule has 0 amide bonds. The molecule has 1 unspecified atom stereocenters. The van der Waals surface area contributed by atoms with Crippen molar-refractivity contribution in [3.05, 3.63) is 45.7 Å². The van der Waals surface area contributed by atoms with Crippen LogP contribution in [-0.2, 0) is 11.2 Å². The van der Waals surface area contributed by atoms with Gasteiger partial charge in [0.1, 0.15) is 11.5 Å². The lowest BCUT2D eigenvalue weighted by atomic mass is 9.72. The average molecular weight is 401 g/mol. The maximum absolute atomic E-state index is 10.3. The summed E-state index contributed by atoms with van der Waals surface area (Å²) in [6, 6.07) is 5.52. The fourth-order valence-electron chi connectivity index (χ4n) is 5.25. The van der Waals surface area contributed by atoms with Gasteiger partial charge in [-0.3, -0.25) is 0 Å². The minimum Gasteiger partial charge on any atom is -0.508 e. The van der Waals surface area contributed by atoms with Crippen molar-refractivity contribution >= 4 is 8.07 Å². The van der Waals surface area contributed by atoms with Crippen molar-refractivity contribution in [3.63, 3.8) is 0 Å². The van der Waals surface area contributed by atoms with E-state index in [-0.39, 0.29) is 5.41 Å². The Balaban J connectivity index is 1.99. The number of phenols is 1. The number of ether oxygens (including phenoxy) is 2. The fourth-order valence-corrected chi connectivity index (χ4v) is 7.45. The monoisotopic (exact) mass is 400 g/mol. The SMILES string of the molecule is COc1ccc(O)c(CCC2=C3C[C@@H](OC)CC3(C)CC([Si](C)(C)C)=C2C)c1. The van der Waals surface area contributed by atoms with Crippen LogP contribution < -0.4 is 4.74 Å². The molecule has 1 fully saturated rings. The number of phenolic OH excluding ortho intramolecular Hbond substituents is 1. The molecule has 0 radical (unpaired) electrons. The molecule has 0 bridgehead atoms. The normalized spacial score (nSPS) is 25.3. The predicted molar refractivity (Wildman–Crippen MR) is 119 cm³/mol. The number of methoxy groups -OCH3 is 2. The van der Waals surface area contributed by atoms with Crippen molar-refractivity contribution < 1.29 is 14.6 Å². The van der Waals surface area contributed by atoms with Crippen molar-refractivity contribution in [2.75, 3.05) is 14.2 Å². The lowest BCUT2D eigenvalue weighted by Gasteiger charge is -2.40. The molecule has 3 nitrogen and oxygen atoms in total. The molecule has 2 aliphatic rings. The first-order valence-electron chi connectivity index (χ1n) is 10.4. The van der Waals surface area contributed by atoms with Gasteiger partial charge in [0, 0.05) is 7.11 Å². The maximum atomic E-state index is 10.3. The molecule has 0 spiro atoms. The summed E-state index contributed by atoms with van der Waals surface area (Å²) in [7, 11) is 2.12. The van der Waals surface area contributed by atoms with E-state index in [0.717, 1.165) is 37.0 Å². The summed E-state index contributed by atoms with van der Waals surface area (Å²) < 4.78 is 11.1. The Morgan fingerprint density at radius 2 is 1.89 bits per heavy atom. The van der Waals surface area contributed by atoms with Crippen molar-refractivity contribution in [1.29, 1.82) is 0 Å². The zero-order valence-electron chi connectivity index (χ0n) is 18.6. The summed E-state index contributed by atoms with van der Waals surface area (Å²) >= 11 is 0. The van der Waals surface area contributed by atoms with E-state index in [2.05, 4.69) is 33.5 Å². The fraction of sp³-hybridized carbons (Fsp3) is 0.583. The van der Waals surface area contributed by atoms with Gasteiger partial charge in [0.05, 0.1) is 21.3 Å². The number of aromatic hydroxyl groups is 1. The predicted octanol–water partition coefficient (Wildman–Crippen LogP) is 6.04. The molecular weight excluding hydrogens is 364 g/mol. The molecule has 1 N–H and O–H groups in total. The summed E-state index contributed by atoms with van der Waals surface area (Å²) in [5.41, 5.74) is 5.82. The molecule has 1 aromatic carbocycles. The van der Waals surface area contributed by atoms with E-state index in [9.17, 15) is 5.11 Å². The standard InChI is InChI=1S/C24H36O3Si/c1-16-20(10-8-17-12-18(26-3)9-11-22(17)25)21-13-19(27-4)14-24(21,2)15-23(16)28(5,6)7/h9,11-12,19,25H,8,10,13-15H2,1-7H3/t19-,24?/m1/s1. The summed E-state index contributed by atoms with van der Waals surface area (Å²) in [6.45, 7) is 12.2. The quantitative estimate of drug-likeness (QED) is 0.591. The van der Waals surface area contributed by atoms with Gasteiger partial charge in [-0.25, -0.2) is 0 Å². The smallest absolute Gasteiger partial charge is 0.119 e. The minimum atomic E-state index is -1.40. The number of aryl methyl sites for hydroxylation is 1. The van der Waals surface area contributed by atoms with Crippen LogP contribution in [0.15, 0.2) is 40.1 Å². The molecule has 0 aliphatic heterocycles. The molecule has 1 aromatic rings. The van der Waals surface area contributed by atoms with Gasteiger partial charge in [-0.15, -0.1) is 0 Å². The molecule has 2 aliphatic carbocycles. The first kappa shape index (κ1) is 21.2. The minimum absolute atomic E-state index is 0.224. The van der Waals surface area contributed by atoms with E-state index in [4.69, 9.17) is 9.47 Å². The Labute approximate surface area is 171 Å². The maximum Gasteiger partial charge on any atom is 0.119 e. The zero-order chi connectivity index (χ0) is 20.7. The van der Waals surface area contributed by atoms with Gasteiger partial charge in [-0.2, -0.15) is 0 Å². The third kappa shape index (κ3) is 3.95. The van der Waals surface area contributed by atoms with Crippen molar-refractivity contribution in [2.24, 2.45) is 5.41 Å². The molecule has 4 heteroatoms. The highest BCUT2D eigenvalue weighted by molar-refractivity contribution is 6.83. The lowest BCUT2D eigenvalue weighted by molar-refractivity contribution is 0.0975. The molecular formula is C24H36O3Si. The number of rotatable bonds is 6. The van der Waals surface area contributed by atoms with Crippen LogP contribution in [0.25, 0.3) is 0 Å². The summed E-state index contributed by atoms with van der Waals surface area (Å²) in [5, 5.41) is 12.0. The van der Waals surface area contributed by atoms with Gasteiger partial charge in [0.25, 0.3) is 0 Å². The molecule has 0 saturated heterocycles. The van der Waals surface area contributed by atoms with Crippen LogP contribution in [0.3, 0.4) is 0 Å². The van der Waals surface area contributed by atoms with Crippen molar-refractivity contribution in [1.82, 2.24) is 0 Å². The van der Waals surface area contributed by atoms with Crippen LogP contribution in [0.5, 0.6) is 11.5 Å². The molecule has 0 heterocycles. The van der Waals surface area contributed by atoms with E-state index in [0.29, 0.717) is 11.9 Å². The van der Waals surface area contributed by atoms with Crippen molar-refractivity contribution in [2.45, 2.75) is 71.7 Å². The second-order valence-corrected chi connectivity index (χ2v) is 14.9. The highest BCUT2D eigenvalue weighted by atomic mass is 28.3. The van der Waals surface area contributed by atoms with Gasteiger partial charge in [0.2, 0.25) is 0 Å². The van der Waals surface area contributed by atoms with Crippen LogP contribution in [0.1, 0.15) is 45.1 Å². The van der Waals surface area contributed by atoms with Crippen LogP contribution in [-0.4, -0.2) is 33.5 Å². The molecule has 28 heavy (non-hydrogen) atoms. The van der Waals surface area contributed by atoms with Gasteiger partial charge >= 0.3 is 0 Å². The van der Waals surface area contributed by atoms with Crippen LogP contribution in [0, 0.1) is 5.41 Å². The van der Waals surface area contributed by atoms with E-state index in [1.54, 1.807) is 23.9 Å². The Kier molecular flexibility index (Phi) is 5.84. The second-order valence-electron chi connectivity index (χ2n) is 9.81. The highest BCUT2D eigenvalue weighted by Crippen LogP contribution is 2.55. The molecule has 1 saturated carbocycles. The Hall–Kier alpha value is -1.52. The van der Waals surface area contributed by atoms with Crippen LogP contribution in [0.4, 0.5) is 0 Å². The Bertz CT molecular complexity index is 816. The lowest BCUT2D eigenvalue weighted by Crippen LogP contribution is -2.33. The molecule has 0 aromatic heterocycles. The average Bonchev–Trinajstić information content (AvgIpc) is 2.98. The third-order valence-electron chi connectivity index (χ3n) is 6.84. The van der Waals surface area contributed by atoms with E-state index in [1.807, 2.05) is 19.2 Å².